The van der Waals surface area contributed by atoms with Crippen molar-refractivity contribution in [2.75, 3.05) is 19.8 Å². The largest absolute Gasteiger partial charge is 0.496 e. The van der Waals surface area contributed by atoms with Gasteiger partial charge in [-0.05, 0) is 20.3 Å². The number of nitrogens with zero attached hydrogens (tertiary/aromatic N) is 1. The van der Waals surface area contributed by atoms with Crippen LogP contribution in [0, 0.1) is 11.8 Å². The van der Waals surface area contributed by atoms with E-state index in [1.165, 1.54) is 0 Å². The van der Waals surface area contributed by atoms with E-state index in [-0.39, 0.29) is 11.5 Å². The molecular weight excluding hydrogens is 237 g/mol. The van der Waals surface area contributed by atoms with Gasteiger partial charge in [0.05, 0.1) is 19.8 Å². The third-order valence-electron chi connectivity index (χ3n) is 3.71. The van der Waals surface area contributed by atoms with Gasteiger partial charge in [-0.1, -0.05) is 6.58 Å². The zero-order chi connectivity index (χ0) is 12.5. The summed E-state index contributed by atoms with van der Waals surface area (Å²) in [5, 5.41) is 0. The summed E-state index contributed by atoms with van der Waals surface area (Å²) in [6.07, 6.45) is 0.902. The molecule has 0 aromatic heterocycles. The molecule has 1 unspecified atom stereocenters. The summed E-state index contributed by atoms with van der Waals surface area (Å²) in [4.78, 5) is 4.69. The van der Waals surface area contributed by atoms with Gasteiger partial charge in [-0.3, -0.25) is 0 Å². The normalized spacial score (nSPS) is 35.5. The van der Waals surface area contributed by atoms with Gasteiger partial charge in [0, 0.05) is 21.3 Å². The highest BCUT2D eigenvalue weighted by Gasteiger charge is 2.54. The van der Waals surface area contributed by atoms with E-state index >= 15 is 0 Å². The zero-order valence-electron chi connectivity index (χ0n) is 10.4. The van der Waals surface area contributed by atoms with Crippen molar-refractivity contribution in [1.82, 2.24) is 0 Å². The average Bonchev–Trinajstić information content (AvgIpc) is 2.72. The Labute approximate surface area is 105 Å². The fourth-order valence-corrected chi connectivity index (χ4v) is 2.79. The average molecular weight is 257 g/mol. The molecule has 0 amide bonds. The van der Waals surface area contributed by atoms with Crippen molar-refractivity contribution in [2.24, 2.45) is 16.8 Å². The van der Waals surface area contributed by atoms with Crippen molar-refractivity contribution in [3.63, 3.8) is 0 Å². The van der Waals surface area contributed by atoms with Crippen LogP contribution in [0.3, 0.4) is 0 Å². The highest BCUT2D eigenvalue weighted by atomic mass is 31.0. The summed E-state index contributed by atoms with van der Waals surface area (Å²) < 4.78 is 16.3. The van der Waals surface area contributed by atoms with E-state index in [0.717, 1.165) is 18.1 Å². The van der Waals surface area contributed by atoms with Gasteiger partial charge in [-0.2, -0.15) is 0 Å². The molecule has 0 saturated carbocycles. The van der Waals surface area contributed by atoms with Crippen LogP contribution < -0.4 is 0 Å². The molecule has 0 spiro atoms. The van der Waals surface area contributed by atoms with Crippen LogP contribution in [0.2, 0.25) is 0 Å². The van der Waals surface area contributed by atoms with Gasteiger partial charge in [-0.15, -0.1) is 0 Å². The maximum atomic E-state index is 5.65. The van der Waals surface area contributed by atoms with Crippen molar-refractivity contribution in [2.45, 2.75) is 25.8 Å². The molecule has 1 saturated heterocycles. The lowest BCUT2D eigenvalue weighted by Gasteiger charge is -2.21. The highest BCUT2D eigenvalue weighted by molar-refractivity contribution is 7.09. The number of fused-ring (bicyclic) bond motifs is 1. The Morgan fingerprint density at radius 1 is 1.65 bits per heavy atom. The SMILES string of the molecule is C=C1OC[C@@H]2[C@@H](CCOP)C(OCC)=N[C@]12C. The third kappa shape index (κ3) is 2.09. The first kappa shape index (κ1) is 12.8. The number of rotatable bonds is 4. The summed E-state index contributed by atoms with van der Waals surface area (Å²) in [5.41, 5.74) is -0.309. The molecule has 2 aliphatic heterocycles. The molecule has 17 heavy (non-hydrogen) atoms. The predicted octanol–water partition coefficient (Wildman–Crippen LogP) is 2.17. The summed E-state index contributed by atoms with van der Waals surface area (Å²) in [7, 11) is 2.28. The lowest BCUT2D eigenvalue weighted by Crippen LogP contribution is -2.31. The van der Waals surface area contributed by atoms with Crippen molar-refractivity contribution in [3.05, 3.63) is 12.3 Å². The molecule has 1 fully saturated rings. The monoisotopic (exact) mass is 257 g/mol. The van der Waals surface area contributed by atoms with Crippen LogP contribution in [0.4, 0.5) is 0 Å². The summed E-state index contributed by atoms with van der Waals surface area (Å²) in [5.74, 6) is 2.21. The first-order valence-electron chi connectivity index (χ1n) is 6.00. The fourth-order valence-electron chi connectivity index (χ4n) is 2.65. The van der Waals surface area contributed by atoms with E-state index in [1.54, 1.807) is 0 Å². The van der Waals surface area contributed by atoms with Crippen LogP contribution in [0.1, 0.15) is 20.3 Å². The first-order chi connectivity index (χ1) is 8.13. The minimum Gasteiger partial charge on any atom is -0.496 e. The smallest absolute Gasteiger partial charge is 0.187 e. The maximum Gasteiger partial charge on any atom is 0.187 e. The second-order valence-corrected chi connectivity index (χ2v) is 4.97. The van der Waals surface area contributed by atoms with Crippen molar-refractivity contribution in [1.29, 1.82) is 0 Å². The van der Waals surface area contributed by atoms with Gasteiger partial charge in [0.1, 0.15) is 11.3 Å². The Morgan fingerprint density at radius 3 is 3.06 bits per heavy atom. The summed E-state index contributed by atoms with van der Waals surface area (Å²) in [6.45, 7) is 10.0. The van der Waals surface area contributed by atoms with E-state index in [0.29, 0.717) is 25.7 Å². The Morgan fingerprint density at radius 2 is 2.41 bits per heavy atom. The van der Waals surface area contributed by atoms with Gasteiger partial charge in [-0.25, -0.2) is 4.99 Å². The topological polar surface area (TPSA) is 40.0 Å². The minimum absolute atomic E-state index is 0.278. The molecule has 5 heteroatoms. The lowest BCUT2D eigenvalue weighted by molar-refractivity contribution is 0.203. The van der Waals surface area contributed by atoms with Crippen LogP contribution in [-0.2, 0) is 14.0 Å². The quantitative estimate of drug-likeness (QED) is 0.725. The van der Waals surface area contributed by atoms with Crippen LogP contribution in [0.25, 0.3) is 0 Å². The lowest BCUT2D eigenvalue weighted by atomic mass is 9.80. The van der Waals surface area contributed by atoms with Gasteiger partial charge in [0.2, 0.25) is 0 Å². The Kier molecular flexibility index (Phi) is 3.74. The minimum atomic E-state index is -0.309. The molecule has 0 bridgehead atoms. The van der Waals surface area contributed by atoms with Crippen molar-refractivity contribution < 1.29 is 14.0 Å². The molecule has 0 aliphatic carbocycles. The Hall–Kier alpha value is -0.600. The molecule has 2 rings (SSSR count). The third-order valence-corrected chi connectivity index (χ3v) is 3.94. The van der Waals surface area contributed by atoms with Crippen LogP contribution in [-0.4, -0.2) is 31.3 Å². The standard InChI is InChI=1S/C12H20NO3P/c1-4-14-11-9(5-6-16-17)10-7-15-8(2)12(10,3)13-11/h9-10H,2,4-7,17H2,1,3H3/t9-,10-,12-/m1/s1. The van der Waals surface area contributed by atoms with E-state index < -0.39 is 0 Å². The van der Waals surface area contributed by atoms with Crippen LogP contribution >= 0.6 is 9.47 Å². The van der Waals surface area contributed by atoms with Crippen molar-refractivity contribution in [3.8, 4) is 0 Å². The molecule has 4 atom stereocenters. The predicted molar refractivity (Wildman–Crippen MR) is 69.8 cm³/mol. The summed E-state index contributed by atoms with van der Waals surface area (Å²) in [6, 6.07) is 0. The van der Waals surface area contributed by atoms with Crippen LogP contribution in [0.15, 0.2) is 17.3 Å². The van der Waals surface area contributed by atoms with E-state index in [1.807, 2.05) is 6.92 Å². The van der Waals surface area contributed by atoms with Gasteiger partial charge in [0.15, 0.2) is 5.90 Å². The van der Waals surface area contributed by atoms with Gasteiger partial charge < -0.3 is 14.0 Å². The number of aliphatic imine (C=N–C) groups is 1. The molecule has 0 aromatic rings. The molecular formula is C12H20NO3P. The molecule has 2 aliphatic rings. The molecule has 0 radical (unpaired) electrons. The van der Waals surface area contributed by atoms with E-state index in [2.05, 4.69) is 23.0 Å². The second kappa shape index (κ2) is 4.95. The molecule has 96 valence electrons. The molecule has 0 N–H and O–H groups in total. The fraction of sp³-hybridized carbons (Fsp3) is 0.750. The van der Waals surface area contributed by atoms with Crippen LogP contribution in [0.5, 0.6) is 0 Å². The molecule has 2 heterocycles. The van der Waals surface area contributed by atoms with Gasteiger partial charge in [0.25, 0.3) is 0 Å². The Balaban J connectivity index is 2.19. The van der Waals surface area contributed by atoms with Gasteiger partial charge >= 0.3 is 0 Å². The van der Waals surface area contributed by atoms with E-state index in [9.17, 15) is 0 Å². The molecule has 0 aromatic carbocycles. The Bertz CT molecular complexity index is 345. The highest BCUT2D eigenvalue weighted by Crippen LogP contribution is 2.47. The summed E-state index contributed by atoms with van der Waals surface area (Å²) >= 11 is 0. The second-order valence-electron chi connectivity index (χ2n) is 4.64. The maximum absolute atomic E-state index is 5.65. The number of hydrogen-bond acceptors (Lipinski definition) is 4. The number of hydrogen-bond donors (Lipinski definition) is 0. The van der Waals surface area contributed by atoms with E-state index in [4.69, 9.17) is 19.0 Å². The zero-order valence-corrected chi connectivity index (χ0v) is 11.6. The van der Waals surface area contributed by atoms with Crippen molar-refractivity contribution >= 4 is 15.4 Å². The first-order valence-corrected chi connectivity index (χ1v) is 6.47. The molecule has 4 nitrogen and oxygen atoms in total. The number of ether oxygens (including phenoxy) is 2.